The van der Waals surface area contributed by atoms with E-state index in [1.54, 1.807) is 0 Å². The van der Waals surface area contributed by atoms with Crippen LogP contribution in [0, 0.1) is 0 Å². The molecule has 0 heterocycles. The molecule has 0 unspecified atom stereocenters. The number of rotatable bonds is 11. The van der Waals surface area contributed by atoms with E-state index in [0.29, 0.717) is 6.54 Å². The Kier molecular flexibility index (Phi) is 10.7. The lowest BCUT2D eigenvalue weighted by Crippen LogP contribution is -2.46. The van der Waals surface area contributed by atoms with E-state index in [0.717, 1.165) is 31.9 Å². The van der Waals surface area contributed by atoms with Gasteiger partial charge in [-0.15, -0.1) is 0 Å². The standard InChI is InChI=1S/C12H26N2O5/c1-2-3-4-5-6-13-14-7-9(16)11(18)12(19)10(17)8-15/h7,9-13,15-19H,2-6,8H2,1H3/b14-7+/t9-,10+,11+,12-/m0/s1. The lowest BCUT2D eigenvalue weighted by molar-refractivity contribution is -0.1000. The van der Waals surface area contributed by atoms with Crippen LogP contribution in [0.3, 0.4) is 0 Å². The number of unbranched alkanes of at least 4 members (excludes halogenated alkanes) is 3. The van der Waals surface area contributed by atoms with Crippen LogP contribution in [0.25, 0.3) is 0 Å². The Morgan fingerprint density at radius 1 is 1.05 bits per heavy atom. The van der Waals surface area contributed by atoms with Gasteiger partial charge in [-0.05, 0) is 6.42 Å². The third kappa shape index (κ3) is 8.12. The first kappa shape index (κ1) is 18.3. The van der Waals surface area contributed by atoms with E-state index in [-0.39, 0.29) is 0 Å². The van der Waals surface area contributed by atoms with Crippen molar-refractivity contribution < 1.29 is 25.5 Å². The lowest BCUT2D eigenvalue weighted by Gasteiger charge is -2.23. The minimum absolute atomic E-state index is 0.668. The minimum atomic E-state index is -1.63. The van der Waals surface area contributed by atoms with Crippen LogP contribution in [0.15, 0.2) is 5.10 Å². The number of nitrogens with one attached hydrogen (secondary N) is 1. The fourth-order valence-corrected chi connectivity index (χ4v) is 1.45. The SMILES string of the molecule is CCCCCCN/N=C/[C@H](O)[C@@H](O)[C@@H](O)[C@H](O)CO. The summed E-state index contributed by atoms with van der Waals surface area (Å²) in [5, 5.41) is 49.7. The zero-order valence-electron chi connectivity index (χ0n) is 11.3. The van der Waals surface area contributed by atoms with Crippen molar-refractivity contribution >= 4 is 6.21 Å². The van der Waals surface area contributed by atoms with Gasteiger partial charge >= 0.3 is 0 Å². The third-order valence-electron chi connectivity index (χ3n) is 2.74. The number of hydrogen-bond acceptors (Lipinski definition) is 7. The van der Waals surface area contributed by atoms with E-state index >= 15 is 0 Å². The maximum Gasteiger partial charge on any atom is 0.119 e. The average molecular weight is 278 g/mol. The zero-order chi connectivity index (χ0) is 14.7. The number of hydrogen-bond donors (Lipinski definition) is 6. The topological polar surface area (TPSA) is 126 Å². The largest absolute Gasteiger partial charge is 0.394 e. The van der Waals surface area contributed by atoms with Crippen molar-refractivity contribution in [2.75, 3.05) is 13.2 Å². The Hall–Kier alpha value is -0.730. The molecule has 7 heteroatoms. The molecule has 19 heavy (non-hydrogen) atoms. The van der Waals surface area contributed by atoms with Gasteiger partial charge in [-0.1, -0.05) is 26.2 Å². The molecule has 0 aliphatic carbocycles. The first-order chi connectivity index (χ1) is 9.04. The summed E-state index contributed by atoms with van der Waals surface area (Å²) in [6.07, 6.45) is -0.709. The molecule has 0 rings (SSSR count). The maximum absolute atomic E-state index is 9.48. The van der Waals surface area contributed by atoms with Crippen molar-refractivity contribution in [1.82, 2.24) is 5.43 Å². The molecule has 0 saturated carbocycles. The highest BCUT2D eigenvalue weighted by Gasteiger charge is 2.28. The molecule has 0 aromatic carbocycles. The van der Waals surface area contributed by atoms with Crippen molar-refractivity contribution in [2.45, 2.75) is 57.0 Å². The molecule has 0 spiro atoms. The maximum atomic E-state index is 9.48. The molecular weight excluding hydrogens is 252 g/mol. The van der Waals surface area contributed by atoms with Gasteiger partial charge in [0.1, 0.15) is 24.4 Å². The summed E-state index contributed by atoms with van der Waals surface area (Å²) in [5.74, 6) is 0. The highest BCUT2D eigenvalue weighted by molar-refractivity contribution is 5.63. The summed E-state index contributed by atoms with van der Waals surface area (Å²) < 4.78 is 0. The Bertz CT molecular complexity index is 240. The molecule has 0 amide bonds. The van der Waals surface area contributed by atoms with Crippen LogP contribution in [-0.2, 0) is 0 Å². The van der Waals surface area contributed by atoms with Crippen LogP contribution in [0.1, 0.15) is 32.6 Å². The van der Waals surface area contributed by atoms with Gasteiger partial charge in [-0.3, -0.25) is 0 Å². The fraction of sp³-hybridized carbons (Fsp3) is 0.917. The van der Waals surface area contributed by atoms with E-state index in [2.05, 4.69) is 17.5 Å². The van der Waals surface area contributed by atoms with Crippen LogP contribution >= 0.6 is 0 Å². The second-order valence-corrected chi connectivity index (χ2v) is 4.47. The predicted octanol–water partition coefficient (Wildman–Crippen LogP) is -1.42. The minimum Gasteiger partial charge on any atom is -0.394 e. The van der Waals surface area contributed by atoms with Crippen LogP contribution in [-0.4, -0.2) is 69.3 Å². The first-order valence-corrected chi connectivity index (χ1v) is 6.63. The number of hydrazone groups is 1. The summed E-state index contributed by atoms with van der Waals surface area (Å²) in [7, 11) is 0. The monoisotopic (exact) mass is 278 g/mol. The Labute approximate surface area is 113 Å². The first-order valence-electron chi connectivity index (χ1n) is 6.63. The molecule has 4 atom stereocenters. The van der Waals surface area contributed by atoms with E-state index in [9.17, 15) is 15.3 Å². The lowest BCUT2D eigenvalue weighted by atomic mass is 10.0. The molecule has 6 N–H and O–H groups in total. The highest BCUT2D eigenvalue weighted by Crippen LogP contribution is 2.03. The summed E-state index contributed by atoms with van der Waals surface area (Å²) in [6.45, 7) is 2.09. The van der Waals surface area contributed by atoms with Crippen LogP contribution in [0.2, 0.25) is 0 Å². The molecule has 0 radical (unpaired) electrons. The van der Waals surface area contributed by atoms with Gasteiger partial charge in [0.05, 0.1) is 12.8 Å². The summed E-state index contributed by atoms with van der Waals surface area (Å²) in [4.78, 5) is 0. The Morgan fingerprint density at radius 2 is 1.74 bits per heavy atom. The second kappa shape index (κ2) is 11.1. The van der Waals surface area contributed by atoms with Crippen molar-refractivity contribution in [2.24, 2.45) is 5.10 Å². The van der Waals surface area contributed by atoms with Gasteiger partial charge in [0.2, 0.25) is 0 Å². The Morgan fingerprint density at radius 3 is 2.32 bits per heavy atom. The van der Waals surface area contributed by atoms with E-state index < -0.39 is 31.0 Å². The molecule has 114 valence electrons. The number of aliphatic hydroxyl groups excluding tert-OH is 5. The second-order valence-electron chi connectivity index (χ2n) is 4.47. The fourth-order valence-electron chi connectivity index (χ4n) is 1.45. The highest BCUT2D eigenvalue weighted by atomic mass is 16.4. The van der Waals surface area contributed by atoms with Gasteiger partial charge in [0.15, 0.2) is 0 Å². The van der Waals surface area contributed by atoms with E-state index in [1.807, 2.05) is 0 Å². The molecule has 0 fully saturated rings. The molecule has 0 aromatic heterocycles. The summed E-state index contributed by atoms with van der Waals surface area (Å²) in [5.41, 5.74) is 2.72. The van der Waals surface area contributed by atoms with Gasteiger partial charge in [-0.25, -0.2) is 0 Å². The number of aliphatic hydroxyl groups is 5. The van der Waals surface area contributed by atoms with Crippen LogP contribution < -0.4 is 5.43 Å². The molecule has 0 aliphatic heterocycles. The zero-order valence-corrected chi connectivity index (χ0v) is 11.3. The van der Waals surface area contributed by atoms with E-state index in [4.69, 9.17) is 10.2 Å². The smallest absolute Gasteiger partial charge is 0.119 e. The van der Waals surface area contributed by atoms with Crippen molar-refractivity contribution in [1.29, 1.82) is 0 Å². The normalized spacial score (nSPS) is 18.2. The molecule has 0 aliphatic rings. The van der Waals surface area contributed by atoms with Crippen molar-refractivity contribution in [3.63, 3.8) is 0 Å². The third-order valence-corrected chi connectivity index (χ3v) is 2.74. The molecule has 0 saturated heterocycles. The van der Waals surface area contributed by atoms with Crippen molar-refractivity contribution in [3.8, 4) is 0 Å². The van der Waals surface area contributed by atoms with Crippen LogP contribution in [0.4, 0.5) is 0 Å². The van der Waals surface area contributed by atoms with Crippen LogP contribution in [0.5, 0.6) is 0 Å². The molecule has 7 nitrogen and oxygen atoms in total. The summed E-state index contributed by atoms with van der Waals surface area (Å²) in [6, 6.07) is 0. The van der Waals surface area contributed by atoms with Crippen molar-refractivity contribution in [3.05, 3.63) is 0 Å². The molecule has 0 bridgehead atoms. The van der Waals surface area contributed by atoms with Gasteiger partial charge < -0.3 is 31.0 Å². The molecule has 0 aromatic rings. The average Bonchev–Trinajstić information content (AvgIpc) is 2.43. The summed E-state index contributed by atoms with van der Waals surface area (Å²) >= 11 is 0. The predicted molar refractivity (Wildman–Crippen MR) is 71.7 cm³/mol. The Balaban J connectivity index is 3.85. The number of nitrogens with zero attached hydrogens (tertiary/aromatic N) is 1. The van der Waals surface area contributed by atoms with Gasteiger partial charge in [0, 0.05) is 6.54 Å². The quantitative estimate of drug-likeness (QED) is 0.156. The van der Waals surface area contributed by atoms with E-state index in [1.165, 1.54) is 0 Å². The van der Waals surface area contributed by atoms with Gasteiger partial charge in [-0.2, -0.15) is 5.10 Å². The molecular formula is C12H26N2O5. The van der Waals surface area contributed by atoms with Gasteiger partial charge in [0.25, 0.3) is 0 Å².